The minimum Gasteiger partial charge on any atom is -0.273 e. The van der Waals surface area contributed by atoms with Crippen LogP contribution in [0.25, 0.3) is 0 Å². The van der Waals surface area contributed by atoms with Crippen LogP contribution in [-0.4, -0.2) is 17.1 Å². The standard InChI is InChI=1S/C17H21N3OS/c1-12-19-15(11-22-12)9-16(21)20-18-10-13-5-7-14(8-6-13)17(2,3)4/h5-8,10-11H,9H2,1-4H3,(H,20,21)/b18-10-. The molecule has 0 unspecified atom stereocenters. The number of benzene rings is 1. The molecule has 2 aromatic rings. The molecule has 0 bridgehead atoms. The Morgan fingerprint density at radius 2 is 2.00 bits per heavy atom. The van der Waals surface area contributed by atoms with Crippen molar-refractivity contribution < 1.29 is 4.79 Å². The average molecular weight is 315 g/mol. The molecule has 0 aliphatic rings. The molecule has 0 atom stereocenters. The quantitative estimate of drug-likeness (QED) is 0.694. The molecule has 0 fully saturated rings. The van der Waals surface area contributed by atoms with Crippen molar-refractivity contribution in [3.05, 3.63) is 51.5 Å². The van der Waals surface area contributed by atoms with Gasteiger partial charge < -0.3 is 0 Å². The Hall–Kier alpha value is -2.01. The molecule has 116 valence electrons. The van der Waals surface area contributed by atoms with Gasteiger partial charge in [0.2, 0.25) is 5.91 Å². The molecule has 0 radical (unpaired) electrons. The molecular weight excluding hydrogens is 294 g/mol. The molecule has 0 saturated heterocycles. The predicted octanol–water partition coefficient (Wildman–Crippen LogP) is 3.44. The fourth-order valence-corrected chi connectivity index (χ4v) is 2.55. The molecule has 4 nitrogen and oxygen atoms in total. The van der Waals surface area contributed by atoms with Crippen molar-refractivity contribution in [3.63, 3.8) is 0 Å². The van der Waals surface area contributed by atoms with Gasteiger partial charge in [0.25, 0.3) is 0 Å². The summed E-state index contributed by atoms with van der Waals surface area (Å²) in [7, 11) is 0. The van der Waals surface area contributed by atoms with Gasteiger partial charge in [-0.25, -0.2) is 10.4 Å². The van der Waals surface area contributed by atoms with Gasteiger partial charge in [0.05, 0.1) is 23.3 Å². The third-order valence-corrected chi connectivity index (χ3v) is 4.01. The summed E-state index contributed by atoms with van der Waals surface area (Å²) < 4.78 is 0. The molecule has 0 aliphatic carbocycles. The number of carbonyl (C=O) groups excluding carboxylic acids is 1. The van der Waals surface area contributed by atoms with Crippen LogP contribution in [0.1, 0.15) is 42.6 Å². The highest BCUT2D eigenvalue weighted by molar-refractivity contribution is 7.09. The molecular formula is C17H21N3OS. The molecule has 1 heterocycles. The van der Waals surface area contributed by atoms with E-state index in [0.29, 0.717) is 0 Å². The van der Waals surface area contributed by atoms with Crippen LogP contribution in [0.3, 0.4) is 0 Å². The van der Waals surface area contributed by atoms with Gasteiger partial charge in [-0.1, -0.05) is 45.0 Å². The summed E-state index contributed by atoms with van der Waals surface area (Å²) >= 11 is 1.54. The van der Waals surface area contributed by atoms with E-state index < -0.39 is 0 Å². The highest BCUT2D eigenvalue weighted by Crippen LogP contribution is 2.21. The van der Waals surface area contributed by atoms with Gasteiger partial charge in [0.15, 0.2) is 0 Å². The summed E-state index contributed by atoms with van der Waals surface area (Å²) in [6.45, 7) is 8.45. The van der Waals surface area contributed by atoms with Gasteiger partial charge >= 0.3 is 0 Å². The molecule has 0 spiro atoms. The Morgan fingerprint density at radius 3 is 2.55 bits per heavy atom. The van der Waals surface area contributed by atoms with Crippen molar-refractivity contribution in [1.82, 2.24) is 10.4 Å². The molecule has 22 heavy (non-hydrogen) atoms. The monoisotopic (exact) mass is 315 g/mol. The topological polar surface area (TPSA) is 54.4 Å². The third kappa shape index (κ3) is 4.77. The number of nitrogens with zero attached hydrogens (tertiary/aromatic N) is 2. The Balaban J connectivity index is 1.88. The van der Waals surface area contributed by atoms with Crippen LogP contribution >= 0.6 is 11.3 Å². The summed E-state index contributed by atoms with van der Waals surface area (Å²) in [4.78, 5) is 16.0. The third-order valence-electron chi connectivity index (χ3n) is 3.19. The fraction of sp³-hybridized carbons (Fsp3) is 0.353. The van der Waals surface area contributed by atoms with Crippen LogP contribution in [0.4, 0.5) is 0 Å². The maximum Gasteiger partial charge on any atom is 0.246 e. The maximum absolute atomic E-state index is 11.7. The average Bonchev–Trinajstić information content (AvgIpc) is 2.83. The lowest BCUT2D eigenvalue weighted by Crippen LogP contribution is -2.19. The second-order valence-corrected chi connectivity index (χ2v) is 7.26. The van der Waals surface area contributed by atoms with Crippen LogP contribution in [0.15, 0.2) is 34.7 Å². The van der Waals surface area contributed by atoms with E-state index in [4.69, 9.17) is 0 Å². The summed E-state index contributed by atoms with van der Waals surface area (Å²) in [6.07, 6.45) is 1.90. The molecule has 0 aliphatic heterocycles. The molecule has 1 aromatic carbocycles. The van der Waals surface area contributed by atoms with Gasteiger partial charge in [0.1, 0.15) is 0 Å². The molecule has 2 rings (SSSR count). The minimum atomic E-state index is -0.159. The largest absolute Gasteiger partial charge is 0.273 e. The lowest BCUT2D eigenvalue weighted by atomic mass is 9.87. The van der Waals surface area contributed by atoms with Crippen LogP contribution in [0.2, 0.25) is 0 Å². The normalized spacial score (nSPS) is 11.8. The first-order chi connectivity index (χ1) is 10.3. The van der Waals surface area contributed by atoms with Crippen molar-refractivity contribution >= 4 is 23.5 Å². The predicted molar refractivity (Wildman–Crippen MR) is 91.4 cm³/mol. The number of hydrogen-bond acceptors (Lipinski definition) is 4. The second-order valence-electron chi connectivity index (χ2n) is 6.20. The maximum atomic E-state index is 11.7. The zero-order valence-electron chi connectivity index (χ0n) is 13.4. The minimum absolute atomic E-state index is 0.134. The Kier molecular flexibility index (Phi) is 5.08. The van der Waals surface area contributed by atoms with Crippen LogP contribution in [-0.2, 0) is 16.6 Å². The highest BCUT2D eigenvalue weighted by Gasteiger charge is 2.12. The van der Waals surface area contributed by atoms with Crippen molar-refractivity contribution in [1.29, 1.82) is 0 Å². The van der Waals surface area contributed by atoms with Crippen molar-refractivity contribution in [3.8, 4) is 0 Å². The number of nitrogens with one attached hydrogen (secondary N) is 1. The van der Waals surface area contributed by atoms with E-state index in [1.165, 1.54) is 5.56 Å². The molecule has 0 saturated carbocycles. The summed E-state index contributed by atoms with van der Waals surface area (Å²) in [5, 5.41) is 6.84. The lowest BCUT2D eigenvalue weighted by molar-refractivity contribution is -0.120. The second kappa shape index (κ2) is 6.83. The van der Waals surface area contributed by atoms with Crippen LogP contribution in [0.5, 0.6) is 0 Å². The van der Waals surface area contributed by atoms with E-state index in [1.54, 1.807) is 17.6 Å². The first-order valence-corrected chi connectivity index (χ1v) is 8.06. The first kappa shape index (κ1) is 16.4. The Bertz CT molecular complexity index is 666. The van der Waals surface area contributed by atoms with E-state index in [0.717, 1.165) is 16.3 Å². The van der Waals surface area contributed by atoms with E-state index in [9.17, 15) is 4.79 Å². The van der Waals surface area contributed by atoms with Gasteiger partial charge in [-0.05, 0) is 23.5 Å². The van der Waals surface area contributed by atoms with E-state index in [2.05, 4.69) is 48.4 Å². The van der Waals surface area contributed by atoms with Gasteiger partial charge in [-0.2, -0.15) is 5.10 Å². The van der Waals surface area contributed by atoms with Crippen molar-refractivity contribution in [2.24, 2.45) is 5.10 Å². The van der Waals surface area contributed by atoms with Crippen LogP contribution < -0.4 is 5.43 Å². The van der Waals surface area contributed by atoms with Gasteiger partial charge in [-0.3, -0.25) is 4.79 Å². The van der Waals surface area contributed by atoms with Crippen molar-refractivity contribution in [2.45, 2.75) is 39.5 Å². The van der Waals surface area contributed by atoms with E-state index in [-0.39, 0.29) is 17.7 Å². The van der Waals surface area contributed by atoms with E-state index >= 15 is 0 Å². The molecule has 1 amide bonds. The zero-order chi connectivity index (χ0) is 16.2. The number of aromatic nitrogens is 1. The molecule has 1 aromatic heterocycles. The number of carbonyl (C=O) groups is 1. The molecule has 5 heteroatoms. The van der Waals surface area contributed by atoms with Crippen LogP contribution in [0, 0.1) is 6.92 Å². The number of hydrogen-bond donors (Lipinski definition) is 1. The van der Waals surface area contributed by atoms with Crippen molar-refractivity contribution in [2.75, 3.05) is 0 Å². The summed E-state index contributed by atoms with van der Waals surface area (Å²) in [5.41, 5.74) is 5.67. The smallest absolute Gasteiger partial charge is 0.246 e. The fourth-order valence-electron chi connectivity index (χ4n) is 1.94. The van der Waals surface area contributed by atoms with Gasteiger partial charge in [0, 0.05) is 5.38 Å². The summed E-state index contributed by atoms with van der Waals surface area (Å²) in [5.74, 6) is -0.159. The number of rotatable bonds is 4. The lowest BCUT2D eigenvalue weighted by Gasteiger charge is -2.18. The number of aryl methyl sites for hydroxylation is 1. The number of amides is 1. The van der Waals surface area contributed by atoms with Gasteiger partial charge in [-0.15, -0.1) is 11.3 Å². The Morgan fingerprint density at radius 1 is 1.32 bits per heavy atom. The summed E-state index contributed by atoms with van der Waals surface area (Å²) in [6, 6.07) is 8.17. The first-order valence-electron chi connectivity index (χ1n) is 7.18. The number of thiazole rings is 1. The molecule has 1 N–H and O–H groups in total. The SMILES string of the molecule is Cc1nc(CC(=O)N/N=C\c2ccc(C(C)(C)C)cc2)cs1. The van der Waals surface area contributed by atoms with E-state index in [1.807, 2.05) is 24.4 Å². The number of hydrazone groups is 1. The Labute approximate surface area is 135 Å². The highest BCUT2D eigenvalue weighted by atomic mass is 32.1. The zero-order valence-corrected chi connectivity index (χ0v) is 14.2.